The summed E-state index contributed by atoms with van der Waals surface area (Å²) in [5.74, 6) is 2.11. The summed E-state index contributed by atoms with van der Waals surface area (Å²) in [5.41, 5.74) is 0.655. The highest BCUT2D eigenvalue weighted by Gasteiger charge is 2.31. The molecule has 0 amide bonds. The second-order valence-electron chi connectivity index (χ2n) is 4.74. The van der Waals surface area contributed by atoms with Crippen LogP contribution >= 0.6 is 0 Å². The minimum absolute atomic E-state index is 0.176. The molecule has 110 valence electrons. The van der Waals surface area contributed by atoms with Gasteiger partial charge in [0.05, 0.1) is 19.8 Å². The molecule has 0 radical (unpaired) electrons. The lowest BCUT2D eigenvalue weighted by atomic mass is 10.1. The van der Waals surface area contributed by atoms with Crippen LogP contribution in [0.25, 0.3) is 0 Å². The molecule has 20 heavy (non-hydrogen) atoms. The maximum absolute atomic E-state index is 12.2. The molecule has 0 aliphatic heterocycles. The Labute approximate surface area is 120 Å². The molecule has 0 aromatic heterocycles. The Morgan fingerprint density at radius 3 is 1.90 bits per heavy atom. The minimum Gasteiger partial charge on any atom is -0.490 e. The summed E-state index contributed by atoms with van der Waals surface area (Å²) in [7, 11) is 0. The van der Waals surface area contributed by atoms with Crippen molar-refractivity contribution >= 4 is 5.78 Å². The summed E-state index contributed by atoms with van der Waals surface area (Å²) >= 11 is 0. The first-order valence-electron chi connectivity index (χ1n) is 7.31. The summed E-state index contributed by atoms with van der Waals surface area (Å²) < 4.78 is 16.8. The van der Waals surface area contributed by atoms with E-state index in [1.54, 1.807) is 12.1 Å². The SMILES string of the molecule is CCOc1cc(C(=O)C2CC2)cc(OCC)c1OCC. The van der Waals surface area contributed by atoms with Crippen molar-refractivity contribution in [2.24, 2.45) is 5.92 Å². The molecular weight excluding hydrogens is 256 g/mol. The molecule has 4 nitrogen and oxygen atoms in total. The van der Waals surface area contributed by atoms with E-state index >= 15 is 0 Å². The molecule has 0 heterocycles. The van der Waals surface area contributed by atoms with Gasteiger partial charge in [0.25, 0.3) is 0 Å². The molecule has 4 heteroatoms. The number of hydrogen-bond donors (Lipinski definition) is 0. The molecule has 1 aliphatic carbocycles. The topological polar surface area (TPSA) is 44.8 Å². The van der Waals surface area contributed by atoms with Gasteiger partial charge in [0.1, 0.15) is 0 Å². The fourth-order valence-electron chi connectivity index (χ4n) is 2.11. The van der Waals surface area contributed by atoms with Crippen LogP contribution in [-0.4, -0.2) is 25.6 Å². The molecule has 0 bridgehead atoms. The second-order valence-corrected chi connectivity index (χ2v) is 4.74. The van der Waals surface area contributed by atoms with Gasteiger partial charge >= 0.3 is 0 Å². The number of ether oxygens (including phenoxy) is 3. The first kappa shape index (κ1) is 14.7. The fraction of sp³-hybridized carbons (Fsp3) is 0.562. The molecule has 1 aliphatic rings. The third-order valence-corrected chi connectivity index (χ3v) is 3.14. The Bertz CT molecular complexity index is 450. The summed E-state index contributed by atoms with van der Waals surface area (Å²) in [6.07, 6.45) is 1.97. The van der Waals surface area contributed by atoms with Crippen LogP contribution in [0.15, 0.2) is 12.1 Å². The minimum atomic E-state index is 0.176. The van der Waals surface area contributed by atoms with Crippen LogP contribution in [0.1, 0.15) is 44.0 Å². The maximum Gasteiger partial charge on any atom is 0.203 e. The number of Topliss-reactive ketones (excluding diaryl/α,β-unsaturated/α-hetero) is 1. The first-order chi connectivity index (χ1) is 9.71. The van der Waals surface area contributed by atoms with Crippen molar-refractivity contribution in [2.45, 2.75) is 33.6 Å². The zero-order valence-corrected chi connectivity index (χ0v) is 12.4. The Morgan fingerprint density at radius 2 is 1.50 bits per heavy atom. The van der Waals surface area contributed by atoms with Crippen LogP contribution in [0.4, 0.5) is 0 Å². The molecule has 0 unspecified atom stereocenters. The van der Waals surface area contributed by atoms with Crippen LogP contribution in [0.3, 0.4) is 0 Å². The number of rotatable bonds is 8. The van der Waals surface area contributed by atoms with Crippen molar-refractivity contribution in [1.29, 1.82) is 0 Å². The van der Waals surface area contributed by atoms with E-state index in [-0.39, 0.29) is 11.7 Å². The number of hydrogen-bond acceptors (Lipinski definition) is 4. The Hall–Kier alpha value is -1.71. The van der Waals surface area contributed by atoms with E-state index in [2.05, 4.69) is 0 Å². The maximum atomic E-state index is 12.2. The van der Waals surface area contributed by atoms with Gasteiger partial charge in [-0.15, -0.1) is 0 Å². The van der Waals surface area contributed by atoms with Crippen LogP contribution in [0.5, 0.6) is 17.2 Å². The van der Waals surface area contributed by atoms with Gasteiger partial charge in [-0.3, -0.25) is 4.79 Å². The van der Waals surface area contributed by atoms with Crippen LogP contribution < -0.4 is 14.2 Å². The lowest BCUT2D eigenvalue weighted by molar-refractivity contribution is 0.0966. The van der Waals surface area contributed by atoms with E-state index < -0.39 is 0 Å². The molecule has 0 saturated heterocycles. The van der Waals surface area contributed by atoms with Crippen molar-refractivity contribution < 1.29 is 19.0 Å². The second kappa shape index (κ2) is 6.64. The predicted octanol–water partition coefficient (Wildman–Crippen LogP) is 3.48. The lowest BCUT2D eigenvalue weighted by Crippen LogP contribution is -2.07. The lowest BCUT2D eigenvalue weighted by Gasteiger charge is -2.16. The fourth-order valence-corrected chi connectivity index (χ4v) is 2.11. The number of benzene rings is 1. The number of carbonyl (C=O) groups is 1. The van der Waals surface area contributed by atoms with Gasteiger partial charge in [-0.05, 0) is 45.7 Å². The molecule has 1 aromatic carbocycles. The summed E-state index contributed by atoms with van der Waals surface area (Å²) in [4.78, 5) is 12.2. The predicted molar refractivity (Wildman–Crippen MR) is 77.0 cm³/mol. The van der Waals surface area contributed by atoms with Gasteiger partial charge in [-0.2, -0.15) is 0 Å². The van der Waals surface area contributed by atoms with Gasteiger partial charge in [0.15, 0.2) is 17.3 Å². The van der Waals surface area contributed by atoms with Crippen LogP contribution in [0.2, 0.25) is 0 Å². The largest absolute Gasteiger partial charge is 0.490 e. The van der Waals surface area contributed by atoms with Gasteiger partial charge < -0.3 is 14.2 Å². The number of carbonyl (C=O) groups excluding carboxylic acids is 1. The van der Waals surface area contributed by atoms with Crippen molar-refractivity contribution in [3.63, 3.8) is 0 Å². The molecule has 0 atom stereocenters. The van der Waals surface area contributed by atoms with Crippen LogP contribution in [-0.2, 0) is 0 Å². The average Bonchev–Trinajstić information content (AvgIpc) is 3.26. The number of ketones is 1. The molecular formula is C16H22O4. The molecule has 0 N–H and O–H groups in total. The third kappa shape index (κ3) is 3.24. The van der Waals surface area contributed by atoms with E-state index in [1.165, 1.54) is 0 Å². The first-order valence-corrected chi connectivity index (χ1v) is 7.31. The van der Waals surface area contributed by atoms with E-state index in [9.17, 15) is 4.79 Å². The van der Waals surface area contributed by atoms with Gasteiger partial charge in [-0.1, -0.05) is 0 Å². The highest BCUT2D eigenvalue weighted by atomic mass is 16.5. The highest BCUT2D eigenvalue weighted by molar-refractivity contribution is 6.00. The van der Waals surface area contributed by atoms with Crippen molar-refractivity contribution in [2.75, 3.05) is 19.8 Å². The normalized spacial score (nSPS) is 13.9. The Morgan fingerprint density at radius 1 is 1.00 bits per heavy atom. The smallest absolute Gasteiger partial charge is 0.203 e. The monoisotopic (exact) mass is 278 g/mol. The molecule has 1 fully saturated rings. The average molecular weight is 278 g/mol. The van der Waals surface area contributed by atoms with Crippen molar-refractivity contribution in [3.8, 4) is 17.2 Å². The quantitative estimate of drug-likeness (QED) is 0.683. The van der Waals surface area contributed by atoms with E-state index in [4.69, 9.17) is 14.2 Å². The summed E-state index contributed by atoms with van der Waals surface area (Å²) in [5, 5.41) is 0. The zero-order valence-electron chi connectivity index (χ0n) is 12.4. The van der Waals surface area contributed by atoms with Crippen LogP contribution in [0, 0.1) is 5.92 Å². The Balaban J connectivity index is 2.40. The van der Waals surface area contributed by atoms with Crippen molar-refractivity contribution in [3.05, 3.63) is 17.7 Å². The molecule has 1 aromatic rings. The van der Waals surface area contributed by atoms with Gasteiger partial charge in [0, 0.05) is 11.5 Å². The highest BCUT2D eigenvalue weighted by Crippen LogP contribution is 2.41. The summed E-state index contributed by atoms with van der Waals surface area (Å²) in [6.45, 7) is 7.29. The van der Waals surface area contributed by atoms with E-state index in [0.29, 0.717) is 42.6 Å². The zero-order chi connectivity index (χ0) is 14.5. The van der Waals surface area contributed by atoms with Gasteiger partial charge in [0.2, 0.25) is 5.75 Å². The molecule has 1 saturated carbocycles. The Kier molecular flexibility index (Phi) is 4.88. The standard InChI is InChI=1S/C16H22O4/c1-4-18-13-9-12(15(17)11-7-8-11)10-14(19-5-2)16(13)20-6-3/h9-11H,4-8H2,1-3H3. The van der Waals surface area contributed by atoms with E-state index in [1.807, 2.05) is 20.8 Å². The molecule has 0 spiro atoms. The summed E-state index contributed by atoms with van der Waals surface area (Å²) in [6, 6.07) is 3.55. The van der Waals surface area contributed by atoms with Gasteiger partial charge in [-0.25, -0.2) is 0 Å². The van der Waals surface area contributed by atoms with Crippen molar-refractivity contribution in [1.82, 2.24) is 0 Å². The molecule has 2 rings (SSSR count). The third-order valence-electron chi connectivity index (χ3n) is 3.14. The van der Waals surface area contributed by atoms with E-state index in [0.717, 1.165) is 12.8 Å².